The van der Waals surface area contributed by atoms with E-state index in [-0.39, 0.29) is 11.7 Å². The molecule has 1 N–H and O–H groups in total. The van der Waals surface area contributed by atoms with Crippen LogP contribution >= 0.6 is 0 Å². The Hall–Kier alpha value is -2.54. The highest BCUT2D eigenvalue weighted by Gasteiger charge is 2.15. The maximum absolute atomic E-state index is 12.9. The van der Waals surface area contributed by atoms with Crippen molar-refractivity contribution in [1.29, 1.82) is 0 Å². The summed E-state index contributed by atoms with van der Waals surface area (Å²) in [5.41, 5.74) is 1.13. The van der Waals surface area contributed by atoms with Crippen LogP contribution in [0.5, 0.6) is 0 Å². The third kappa shape index (κ3) is 4.01. The van der Waals surface area contributed by atoms with Crippen molar-refractivity contribution in [3.8, 4) is 0 Å². The Morgan fingerprint density at radius 3 is 2.70 bits per heavy atom. The molecular formula is C16H17FN4O2. The molecule has 1 aromatic carbocycles. The lowest BCUT2D eigenvalue weighted by atomic mass is 10.2. The Bertz CT molecular complexity index is 672. The molecule has 120 valence electrons. The van der Waals surface area contributed by atoms with Crippen LogP contribution in [-0.2, 0) is 11.3 Å². The number of aromatic nitrogens is 2. The van der Waals surface area contributed by atoms with Gasteiger partial charge < -0.3 is 15.0 Å². The first-order valence-corrected chi connectivity index (χ1v) is 7.40. The van der Waals surface area contributed by atoms with Gasteiger partial charge in [0, 0.05) is 25.7 Å². The monoisotopic (exact) mass is 316 g/mol. The van der Waals surface area contributed by atoms with Crippen LogP contribution in [0.1, 0.15) is 16.1 Å². The Morgan fingerprint density at radius 2 is 1.96 bits per heavy atom. The first kappa shape index (κ1) is 15.4. The van der Waals surface area contributed by atoms with Crippen LogP contribution in [-0.4, -0.2) is 42.2 Å². The molecule has 1 fully saturated rings. The van der Waals surface area contributed by atoms with Crippen LogP contribution in [0, 0.1) is 5.82 Å². The summed E-state index contributed by atoms with van der Waals surface area (Å²) in [5, 5.41) is 2.77. The lowest BCUT2D eigenvalue weighted by Crippen LogP contribution is -2.37. The fraction of sp³-hybridized carbons (Fsp3) is 0.312. The highest BCUT2D eigenvalue weighted by molar-refractivity contribution is 5.92. The minimum absolute atomic E-state index is 0.286. The number of halogens is 1. The molecule has 0 saturated carbocycles. The zero-order valence-corrected chi connectivity index (χ0v) is 12.5. The van der Waals surface area contributed by atoms with E-state index in [2.05, 4.69) is 20.2 Å². The maximum Gasteiger partial charge on any atom is 0.270 e. The number of carbonyl (C=O) groups is 1. The Balaban J connectivity index is 1.63. The molecule has 2 aromatic rings. The molecule has 0 bridgehead atoms. The number of benzene rings is 1. The van der Waals surface area contributed by atoms with Gasteiger partial charge in [0.05, 0.1) is 13.2 Å². The van der Waals surface area contributed by atoms with Crippen LogP contribution in [0.4, 0.5) is 10.2 Å². The van der Waals surface area contributed by atoms with Crippen LogP contribution in [0.2, 0.25) is 0 Å². The molecule has 0 unspecified atom stereocenters. The Morgan fingerprint density at radius 1 is 1.22 bits per heavy atom. The molecule has 2 heterocycles. The van der Waals surface area contributed by atoms with E-state index in [0.29, 0.717) is 25.5 Å². The van der Waals surface area contributed by atoms with Gasteiger partial charge in [0.15, 0.2) is 0 Å². The van der Waals surface area contributed by atoms with Gasteiger partial charge in [-0.05, 0) is 17.7 Å². The van der Waals surface area contributed by atoms with Gasteiger partial charge in [0.25, 0.3) is 5.91 Å². The number of nitrogens with one attached hydrogen (secondary N) is 1. The fourth-order valence-corrected chi connectivity index (χ4v) is 2.31. The molecule has 0 aliphatic carbocycles. The summed E-state index contributed by atoms with van der Waals surface area (Å²) < 4.78 is 18.2. The average Bonchev–Trinajstić information content (AvgIpc) is 2.62. The highest BCUT2D eigenvalue weighted by Crippen LogP contribution is 2.13. The van der Waals surface area contributed by atoms with Crippen molar-refractivity contribution in [1.82, 2.24) is 15.3 Å². The van der Waals surface area contributed by atoms with Gasteiger partial charge in [-0.2, -0.15) is 0 Å². The predicted octanol–water partition coefficient (Wildman–Crippen LogP) is 1.38. The standard InChI is InChI=1S/C16H17FN4O2/c17-13-3-1-12(2-4-13)10-18-16(22)14-9-15(20-11-19-14)21-5-7-23-8-6-21/h1-4,9,11H,5-8,10H2,(H,18,22). The normalized spacial score (nSPS) is 14.6. The van der Waals surface area contributed by atoms with Gasteiger partial charge >= 0.3 is 0 Å². The number of amides is 1. The van der Waals surface area contributed by atoms with Crippen molar-refractivity contribution >= 4 is 11.7 Å². The van der Waals surface area contributed by atoms with Crippen LogP contribution in [0.25, 0.3) is 0 Å². The number of morpholine rings is 1. The van der Waals surface area contributed by atoms with Crippen LogP contribution < -0.4 is 10.2 Å². The molecule has 23 heavy (non-hydrogen) atoms. The van der Waals surface area contributed by atoms with Gasteiger partial charge in [0.1, 0.15) is 23.7 Å². The number of hydrogen-bond donors (Lipinski definition) is 1. The molecule has 6 nitrogen and oxygen atoms in total. The molecule has 0 radical (unpaired) electrons. The van der Waals surface area contributed by atoms with E-state index in [1.54, 1.807) is 18.2 Å². The third-order valence-electron chi connectivity index (χ3n) is 3.59. The van der Waals surface area contributed by atoms with Crippen molar-refractivity contribution in [2.45, 2.75) is 6.54 Å². The van der Waals surface area contributed by atoms with E-state index in [9.17, 15) is 9.18 Å². The highest BCUT2D eigenvalue weighted by atomic mass is 19.1. The quantitative estimate of drug-likeness (QED) is 0.923. The summed E-state index contributed by atoms with van der Waals surface area (Å²) in [4.78, 5) is 22.5. The van der Waals surface area contributed by atoms with Crippen LogP contribution in [0.15, 0.2) is 36.7 Å². The third-order valence-corrected chi connectivity index (χ3v) is 3.59. The van der Waals surface area contributed by atoms with Crippen molar-refractivity contribution < 1.29 is 13.9 Å². The lowest BCUT2D eigenvalue weighted by molar-refractivity contribution is 0.0945. The number of carbonyl (C=O) groups excluding carboxylic acids is 1. The number of ether oxygens (including phenoxy) is 1. The van der Waals surface area contributed by atoms with E-state index < -0.39 is 0 Å². The minimum atomic E-state index is -0.300. The zero-order valence-electron chi connectivity index (χ0n) is 12.5. The molecule has 3 rings (SSSR count). The average molecular weight is 316 g/mol. The largest absolute Gasteiger partial charge is 0.378 e. The second-order valence-electron chi connectivity index (χ2n) is 5.17. The first-order chi connectivity index (χ1) is 11.2. The Labute approximate surface area is 133 Å². The SMILES string of the molecule is O=C(NCc1ccc(F)cc1)c1cc(N2CCOCC2)ncn1. The number of anilines is 1. The topological polar surface area (TPSA) is 67.4 Å². The molecule has 0 spiro atoms. The first-order valence-electron chi connectivity index (χ1n) is 7.40. The Kier molecular flexibility index (Phi) is 4.77. The molecular weight excluding hydrogens is 299 g/mol. The minimum Gasteiger partial charge on any atom is -0.378 e. The second kappa shape index (κ2) is 7.15. The van der Waals surface area contributed by atoms with Gasteiger partial charge in [-0.15, -0.1) is 0 Å². The van der Waals surface area contributed by atoms with Crippen LogP contribution in [0.3, 0.4) is 0 Å². The lowest BCUT2D eigenvalue weighted by Gasteiger charge is -2.27. The smallest absolute Gasteiger partial charge is 0.270 e. The number of hydrogen-bond acceptors (Lipinski definition) is 5. The number of rotatable bonds is 4. The fourth-order valence-electron chi connectivity index (χ4n) is 2.31. The summed E-state index contributed by atoms with van der Waals surface area (Å²) in [6.45, 7) is 3.10. The van der Waals surface area contributed by atoms with Crippen molar-refractivity contribution in [3.05, 3.63) is 53.7 Å². The summed E-state index contributed by atoms with van der Waals surface area (Å²) in [6.07, 6.45) is 1.39. The molecule has 0 atom stereocenters. The predicted molar refractivity (Wildman–Crippen MR) is 82.6 cm³/mol. The number of nitrogens with zero attached hydrogens (tertiary/aromatic N) is 3. The van der Waals surface area contributed by atoms with Gasteiger partial charge in [-0.3, -0.25) is 4.79 Å². The molecule has 1 aromatic heterocycles. The zero-order chi connectivity index (χ0) is 16.1. The van der Waals surface area contributed by atoms with E-state index >= 15 is 0 Å². The van der Waals surface area contributed by atoms with E-state index in [1.807, 2.05) is 0 Å². The summed E-state index contributed by atoms with van der Waals surface area (Å²) in [6, 6.07) is 7.67. The van der Waals surface area contributed by atoms with E-state index in [4.69, 9.17) is 4.74 Å². The van der Waals surface area contributed by atoms with Crippen molar-refractivity contribution in [2.75, 3.05) is 31.2 Å². The molecule has 1 amide bonds. The molecule has 1 aliphatic heterocycles. The second-order valence-corrected chi connectivity index (χ2v) is 5.17. The van der Waals surface area contributed by atoms with Gasteiger partial charge in [-0.25, -0.2) is 14.4 Å². The summed E-state index contributed by atoms with van der Waals surface area (Å²) in [7, 11) is 0. The van der Waals surface area contributed by atoms with Crippen molar-refractivity contribution in [2.24, 2.45) is 0 Å². The summed E-state index contributed by atoms with van der Waals surface area (Å²) in [5.74, 6) is 0.132. The summed E-state index contributed by atoms with van der Waals surface area (Å²) >= 11 is 0. The van der Waals surface area contributed by atoms with Gasteiger partial charge in [0.2, 0.25) is 0 Å². The molecule has 1 saturated heterocycles. The molecule has 1 aliphatic rings. The van der Waals surface area contributed by atoms with E-state index in [0.717, 1.165) is 24.5 Å². The van der Waals surface area contributed by atoms with Crippen molar-refractivity contribution in [3.63, 3.8) is 0 Å². The maximum atomic E-state index is 12.9. The van der Waals surface area contributed by atoms with E-state index in [1.165, 1.54) is 18.5 Å². The van der Waals surface area contributed by atoms with Gasteiger partial charge in [-0.1, -0.05) is 12.1 Å². The molecule has 7 heteroatoms.